The molecule has 1 aromatic carbocycles. The van der Waals surface area contributed by atoms with E-state index in [0.29, 0.717) is 25.3 Å². The Morgan fingerprint density at radius 1 is 1.60 bits per heavy atom. The molecule has 0 saturated carbocycles. The van der Waals surface area contributed by atoms with Crippen LogP contribution in [0.2, 0.25) is 0 Å². The molecule has 1 N–H and O–H groups in total. The van der Waals surface area contributed by atoms with E-state index in [2.05, 4.69) is 0 Å². The van der Waals surface area contributed by atoms with Crippen LogP contribution in [0.25, 0.3) is 0 Å². The number of carboxylic acids is 1. The van der Waals surface area contributed by atoms with Crippen molar-refractivity contribution in [2.45, 2.75) is 19.0 Å². The third-order valence-electron chi connectivity index (χ3n) is 3.33. The minimum Gasteiger partial charge on any atom is -0.481 e. The van der Waals surface area contributed by atoms with E-state index >= 15 is 0 Å². The number of carbonyl (C=O) groups is 1. The van der Waals surface area contributed by atoms with E-state index in [1.165, 1.54) is 6.07 Å². The summed E-state index contributed by atoms with van der Waals surface area (Å²) in [6.07, 6.45) is -0.0421. The molecule has 5 nitrogen and oxygen atoms in total. The zero-order valence-electron chi connectivity index (χ0n) is 10.9. The number of morpholine rings is 1. The highest BCUT2D eigenvalue weighted by molar-refractivity contribution is 5.67. The fraction of sp³-hybridized carbons (Fsp3) is 0.429. The van der Waals surface area contributed by atoms with Gasteiger partial charge in [-0.15, -0.1) is 0 Å². The van der Waals surface area contributed by atoms with Crippen molar-refractivity contribution >= 4 is 5.97 Å². The molecule has 2 rings (SSSR count). The first-order chi connectivity index (χ1) is 9.61. The van der Waals surface area contributed by atoms with Gasteiger partial charge in [-0.05, 0) is 6.07 Å². The molecule has 0 spiro atoms. The molecule has 1 aromatic rings. The summed E-state index contributed by atoms with van der Waals surface area (Å²) in [5.41, 5.74) is 0.409. The predicted octanol–water partition coefficient (Wildman–Crippen LogP) is 1.37. The van der Waals surface area contributed by atoms with Crippen molar-refractivity contribution in [2.75, 3.05) is 19.8 Å². The number of halogens is 1. The highest BCUT2D eigenvalue weighted by Gasteiger charge is 2.26. The first kappa shape index (κ1) is 14.4. The van der Waals surface area contributed by atoms with Crippen LogP contribution >= 0.6 is 0 Å². The first-order valence-corrected chi connectivity index (χ1v) is 6.33. The highest BCUT2D eigenvalue weighted by atomic mass is 19.1. The SMILES string of the molecule is N#Cc1cccc(CN2CCOCC2CC(=O)O)c1F. The zero-order valence-corrected chi connectivity index (χ0v) is 10.9. The second-order valence-corrected chi connectivity index (χ2v) is 4.69. The number of aliphatic carboxylic acids is 1. The Morgan fingerprint density at radius 3 is 3.10 bits per heavy atom. The van der Waals surface area contributed by atoms with E-state index in [4.69, 9.17) is 15.1 Å². The van der Waals surface area contributed by atoms with Crippen LogP contribution < -0.4 is 0 Å². The van der Waals surface area contributed by atoms with Crippen molar-refractivity contribution in [2.24, 2.45) is 0 Å². The summed E-state index contributed by atoms with van der Waals surface area (Å²) in [6.45, 7) is 1.65. The summed E-state index contributed by atoms with van der Waals surface area (Å²) in [4.78, 5) is 12.7. The zero-order chi connectivity index (χ0) is 14.5. The van der Waals surface area contributed by atoms with Gasteiger partial charge < -0.3 is 9.84 Å². The van der Waals surface area contributed by atoms with Crippen LogP contribution in [0, 0.1) is 17.1 Å². The van der Waals surface area contributed by atoms with Gasteiger partial charge in [0, 0.05) is 24.7 Å². The summed E-state index contributed by atoms with van der Waals surface area (Å²) in [5, 5.41) is 17.7. The molecule has 1 aliphatic heterocycles. The van der Waals surface area contributed by atoms with E-state index in [1.807, 2.05) is 4.90 Å². The first-order valence-electron chi connectivity index (χ1n) is 6.33. The fourth-order valence-electron chi connectivity index (χ4n) is 2.29. The third-order valence-corrected chi connectivity index (χ3v) is 3.33. The number of benzene rings is 1. The smallest absolute Gasteiger partial charge is 0.305 e. The summed E-state index contributed by atoms with van der Waals surface area (Å²) < 4.78 is 19.3. The Kier molecular flexibility index (Phi) is 4.66. The van der Waals surface area contributed by atoms with E-state index in [1.54, 1.807) is 18.2 Å². The normalized spacial score (nSPS) is 19.5. The van der Waals surface area contributed by atoms with Gasteiger partial charge in [-0.3, -0.25) is 9.69 Å². The molecule has 1 saturated heterocycles. The Balaban J connectivity index is 2.15. The number of hydrogen-bond donors (Lipinski definition) is 1. The van der Waals surface area contributed by atoms with Crippen molar-refractivity contribution < 1.29 is 19.0 Å². The van der Waals surface area contributed by atoms with Crippen LogP contribution in [0.5, 0.6) is 0 Å². The number of ether oxygens (including phenoxy) is 1. The number of nitriles is 1. The van der Waals surface area contributed by atoms with Crippen LogP contribution in [0.15, 0.2) is 18.2 Å². The fourth-order valence-corrected chi connectivity index (χ4v) is 2.29. The summed E-state index contributed by atoms with van der Waals surface area (Å²) >= 11 is 0. The van der Waals surface area contributed by atoms with Gasteiger partial charge in [0.15, 0.2) is 0 Å². The molecule has 6 heteroatoms. The maximum Gasteiger partial charge on any atom is 0.305 e. The van der Waals surface area contributed by atoms with Crippen molar-refractivity contribution in [3.05, 3.63) is 35.1 Å². The van der Waals surface area contributed by atoms with E-state index < -0.39 is 11.8 Å². The molecule has 0 aromatic heterocycles. The minimum atomic E-state index is -0.906. The maximum atomic E-state index is 14.0. The van der Waals surface area contributed by atoms with Crippen molar-refractivity contribution in [1.82, 2.24) is 4.90 Å². The molecule has 20 heavy (non-hydrogen) atoms. The standard InChI is InChI=1S/C14H15FN2O3/c15-14-10(7-16)2-1-3-11(14)8-17-4-5-20-9-12(17)6-13(18)19/h1-3,12H,4-6,8-9H2,(H,18,19). The number of hydrogen-bond acceptors (Lipinski definition) is 4. The van der Waals surface area contributed by atoms with E-state index in [9.17, 15) is 9.18 Å². The number of rotatable bonds is 4. The molecule has 1 fully saturated rings. The van der Waals surface area contributed by atoms with Gasteiger partial charge in [0.05, 0.1) is 25.2 Å². The van der Waals surface area contributed by atoms with Gasteiger partial charge in [-0.2, -0.15) is 5.26 Å². The molecule has 1 heterocycles. The van der Waals surface area contributed by atoms with Crippen LogP contribution in [0.3, 0.4) is 0 Å². The molecule has 1 unspecified atom stereocenters. The second-order valence-electron chi connectivity index (χ2n) is 4.69. The average molecular weight is 278 g/mol. The molecule has 1 aliphatic rings. The molecule has 1 atom stereocenters. The second kappa shape index (κ2) is 6.46. The van der Waals surface area contributed by atoms with Crippen LogP contribution in [-0.4, -0.2) is 41.8 Å². The largest absolute Gasteiger partial charge is 0.481 e. The lowest BCUT2D eigenvalue weighted by Crippen LogP contribution is -2.46. The Hall–Kier alpha value is -1.97. The summed E-state index contributed by atoms with van der Waals surface area (Å²) in [5.74, 6) is -1.44. The van der Waals surface area contributed by atoms with Gasteiger partial charge in [0.1, 0.15) is 11.9 Å². The summed E-state index contributed by atoms with van der Waals surface area (Å²) in [7, 11) is 0. The van der Waals surface area contributed by atoms with Crippen molar-refractivity contribution in [3.63, 3.8) is 0 Å². The Labute approximate surface area is 116 Å². The highest BCUT2D eigenvalue weighted by Crippen LogP contribution is 2.18. The molecule has 106 valence electrons. The topological polar surface area (TPSA) is 73.6 Å². The summed E-state index contributed by atoms with van der Waals surface area (Å²) in [6, 6.07) is 6.20. The van der Waals surface area contributed by atoms with Crippen molar-refractivity contribution in [3.8, 4) is 6.07 Å². The van der Waals surface area contributed by atoms with Gasteiger partial charge >= 0.3 is 5.97 Å². The van der Waals surface area contributed by atoms with Crippen LogP contribution in [0.4, 0.5) is 4.39 Å². The van der Waals surface area contributed by atoms with Crippen LogP contribution in [0.1, 0.15) is 17.5 Å². The van der Waals surface area contributed by atoms with Crippen LogP contribution in [-0.2, 0) is 16.1 Å². The number of nitrogens with zero attached hydrogens (tertiary/aromatic N) is 2. The quantitative estimate of drug-likeness (QED) is 0.900. The Morgan fingerprint density at radius 2 is 2.40 bits per heavy atom. The lowest BCUT2D eigenvalue weighted by atomic mass is 10.1. The average Bonchev–Trinajstić information content (AvgIpc) is 2.42. The monoisotopic (exact) mass is 278 g/mol. The predicted molar refractivity (Wildman–Crippen MR) is 68.4 cm³/mol. The molecule has 0 bridgehead atoms. The molecular formula is C14H15FN2O3. The van der Waals surface area contributed by atoms with Crippen molar-refractivity contribution in [1.29, 1.82) is 5.26 Å². The lowest BCUT2D eigenvalue weighted by molar-refractivity contribution is -0.140. The third kappa shape index (κ3) is 3.32. The van der Waals surface area contributed by atoms with Gasteiger partial charge in [0.2, 0.25) is 0 Å². The lowest BCUT2D eigenvalue weighted by Gasteiger charge is -2.34. The van der Waals surface area contributed by atoms with E-state index in [-0.39, 0.29) is 24.6 Å². The Bertz CT molecular complexity index is 542. The minimum absolute atomic E-state index is 0.00513. The van der Waals surface area contributed by atoms with Gasteiger partial charge in [-0.25, -0.2) is 4.39 Å². The maximum absolute atomic E-state index is 14.0. The van der Waals surface area contributed by atoms with Gasteiger partial charge in [-0.1, -0.05) is 12.1 Å². The molecule has 0 amide bonds. The molecule has 0 radical (unpaired) electrons. The molecule has 0 aliphatic carbocycles. The van der Waals surface area contributed by atoms with Gasteiger partial charge in [0.25, 0.3) is 0 Å². The molecular weight excluding hydrogens is 263 g/mol. The number of carboxylic acid groups (broad SMARTS) is 1. The van der Waals surface area contributed by atoms with E-state index in [0.717, 1.165) is 0 Å².